The highest BCUT2D eigenvalue weighted by Gasteiger charge is 2.17. The summed E-state index contributed by atoms with van der Waals surface area (Å²) in [7, 11) is 0. The Morgan fingerprint density at radius 2 is 1.96 bits per heavy atom. The van der Waals surface area contributed by atoms with Gasteiger partial charge < -0.3 is 14.9 Å². The summed E-state index contributed by atoms with van der Waals surface area (Å²) in [5.41, 5.74) is 3.31. The fourth-order valence-corrected chi connectivity index (χ4v) is 3.89. The number of carbonyl (C=O) groups is 1. The van der Waals surface area contributed by atoms with E-state index in [2.05, 4.69) is 25.1 Å². The van der Waals surface area contributed by atoms with E-state index in [0.29, 0.717) is 5.56 Å². The van der Waals surface area contributed by atoms with E-state index in [4.69, 9.17) is 0 Å². The molecule has 0 unspecified atom stereocenters. The number of amides is 1. The van der Waals surface area contributed by atoms with Gasteiger partial charge in [0.05, 0.1) is 5.56 Å². The molecule has 0 saturated heterocycles. The van der Waals surface area contributed by atoms with E-state index in [1.807, 2.05) is 48.5 Å². The number of nitrogens with one attached hydrogen (secondary N) is 2. The van der Waals surface area contributed by atoms with Crippen LogP contribution >= 0.6 is 0 Å². The highest BCUT2D eigenvalue weighted by molar-refractivity contribution is 6.12. The molecule has 0 bridgehead atoms. The van der Waals surface area contributed by atoms with E-state index < -0.39 is 0 Å². The highest BCUT2D eigenvalue weighted by Crippen LogP contribution is 2.26. The van der Waals surface area contributed by atoms with E-state index in [9.17, 15) is 4.79 Å². The van der Waals surface area contributed by atoms with Crippen molar-refractivity contribution in [3.63, 3.8) is 0 Å². The molecule has 2 aromatic heterocycles. The van der Waals surface area contributed by atoms with Crippen molar-refractivity contribution in [1.82, 2.24) is 19.7 Å². The number of aromatic amines is 1. The quantitative estimate of drug-likeness (QED) is 0.560. The zero-order chi connectivity index (χ0) is 18.9. The molecule has 140 valence electrons. The predicted octanol–water partition coefficient (Wildman–Crippen LogP) is 4.41. The fourth-order valence-electron chi connectivity index (χ4n) is 3.89. The van der Waals surface area contributed by atoms with Crippen molar-refractivity contribution in [2.24, 2.45) is 0 Å². The van der Waals surface area contributed by atoms with Crippen molar-refractivity contribution in [2.75, 3.05) is 5.32 Å². The molecular weight excluding hydrogens is 350 g/mol. The summed E-state index contributed by atoms with van der Waals surface area (Å²) in [6.45, 7) is 0.948. The van der Waals surface area contributed by atoms with Crippen LogP contribution in [0, 0.1) is 0 Å². The van der Waals surface area contributed by atoms with Crippen LogP contribution in [0.2, 0.25) is 0 Å². The molecule has 0 saturated carbocycles. The van der Waals surface area contributed by atoms with Crippen LogP contribution in [0.25, 0.3) is 22.3 Å². The number of benzene rings is 2. The first-order valence-electron chi connectivity index (χ1n) is 9.69. The third kappa shape index (κ3) is 2.97. The van der Waals surface area contributed by atoms with Gasteiger partial charge in [0.15, 0.2) is 5.82 Å². The van der Waals surface area contributed by atoms with Gasteiger partial charge in [-0.15, -0.1) is 10.2 Å². The molecule has 0 atom stereocenters. The van der Waals surface area contributed by atoms with Crippen molar-refractivity contribution < 1.29 is 4.79 Å². The van der Waals surface area contributed by atoms with E-state index in [1.54, 1.807) is 6.20 Å². The Labute approximate surface area is 162 Å². The third-order valence-corrected chi connectivity index (χ3v) is 5.32. The summed E-state index contributed by atoms with van der Waals surface area (Å²) in [4.78, 5) is 15.9. The van der Waals surface area contributed by atoms with Gasteiger partial charge >= 0.3 is 0 Å². The zero-order valence-corrected chi connectivity index (χ0v) is 15.5. The van der Waals surface area contributed by atoms with Gasteiger partial charge in [0.2, 0.25) is 0 Å². The van der Waals surface area contributed by atoms with Crippen LogP contribution in [0.15, 0.2) is 54.7 Å². The Bertz CT molecular complexity index is 1160. The molecule has 0 spiro atoms. The second kappa shape index (κ2) is 6.96. The lowest BCUT2D eigenvalue weighted by Crippen LogP contribution is -2.11. The number of hydrogen-bond donors (Lipinski definition) is 2. The lowest BCUT2D eigenvalue weighted by atomic mass is 10.1. The van der Waals surface area contributed by atoms with Gasteiger partial charge in [-0.05, 0) is 31.0 Å². The number of rotatable bonds is 3. The molecule has 0 radical (unpaired) electrons. The molecule has 1 aliphatic rings. The Morgan fingerprint density at radius 1 is 1.04 bits per heavy atom. The number of hydrogen-bond acceptors (Lipinski definition) is 3. The summed E-state index contributed by atoms with van der Waals surface area (Å²) in [5.74, 6) is 1.80. The lowest BCUT2D eigenvalue weighted by Gasteiger charge is -2.09. The average molecular weight is 371 g/mol. The number of para-hydroxylation sites is 1. The van der Waals surface area contributed by atoms with E-state index in [1.165, 1.54) is 12.8 Å². The molecule has 3 heterocycles. The smallest absolute Gasteiger partial charge is 0.257 e. The first-order valence-corrected chi connectivity index (χ1v) is 9.69. The molecule has 2 N–H and O–H groups in total. The van der Waals surface area contributed by atoms with Crippen LogP contribution in [0.1, 0.15) is 35.4 Å². The summed E-state index contributed by atoms with van der Waals surface area (Å²) in [6, 6.07) is 15.6. The van der Waals surface area contributed by atoms with Crippen LogP contribution in [-0.4, -0.2) is 25.7 Å². The Morgan fingerprint density at radius 3 is 2.93 bits per heavy atom. The van der Waals surface area contributed by atoms with E-state index in [0.717, 1.165) is 53.2 Å². The normalized spacial score (nSPS) is 13.9. The Hall–Kier alpha value is -3.41. The number of anilines is 1. The summed E-state index contributed by atoms with van der Waals surface area (Å²) >= 11 is 0. The minimum Gasteiger partial charge on any atom is -0.360 e. The molecule has 1 amide bonds. The van der Waals surface area contributed by atoms with Crippen molar-refractivity contribution in [3.8, 4) is 11.4 Å². The van der Waals surface area contributed by atoms with Crippen LogP contribution < -0.4 is 5.32 Å². The number of H-pyrrole nitrogens is 1. The van der Waals surface area contributed by atoms with Gasteiger partial charge in [-0.3, -0.25) is 4.79 Å². The van der Waals surface area contributed by atoms with Crippen molar-refractivity contribution >= 4 is 22.5 Å². The maximum Gasteiger partial charge on any atom is 0.257 e. The Balaban J connectivity index is 1.44. The predicted molar refractivity (Wildman–Crippen MR) is 109 cm³/mol. The SMILES string of the molecule is O=C(Nc1cccc(-c2nnc3n2CCCCC3)c1)c1c[nH]c2ccccc12. The molecule has 0 fully saturated rings. The maximum atomic E-state index is 12.8. The fraction of sp³-hybridized carbons (Fsp3) is 0.227. The van der Waals surface area contributed by atoms with Gasteiger partial charge in [-0.1, -0.05) is 36.8 Å². The monoisotopic (exact) mass is 371 g/mol. The van der Waals surface area contributed by atoms with Crippen molar-refractivity contribution in [2.45, 2.75) is 32.2 Å². The van der Waals surface area contributed by atoms with Crippen molar-refractivity contribution in [1.29, 1.82) is 0 Å². The number of aromatic nitrogens is 4. The third-order valence-electron chi connectivity index (χ3n) is 5.32. The summed E-state index contributed by atoms with van der Waals surface area (Å²) in [5, 5.41) is 12.7. The van der Waals surface area contributed by atoms with Crippen molar-refractivity contribution in [3.05, 3.63) is 66.1 Å². The van der Waals surface area contributed by atoms with Gasteiger partial charge in [-0.25, -0.2) is 0 Å². The number of carbonyl (C=O) groups excluding carboxylic acids is 1. The van der Waals surface area contributed by atoms with Crippen LogP contribution in [0.5, 0.6) is 0 Å². The average Bonchev–Trinajstić information content (AvgIpc) is 3.26. The Kier molecular flexibility index (Phi) is 4.16. The van der Waals surface area contributed by atoms with E-state index in [-0.39, 0.29) is 5.91 Å². The van der Waals surface area contributed by atoms with Gasteiger partial charge in [0, 0.05) is 41.3 Å². The second-order valence-corrected chi connectivity index (χ2v) is 7.18. The molecular formula is C22H21N5O. The van der Waals surface area contributed by atoms with Crippen LogP contribution in [0.4, 0.5) is 5.69 Å². The molecule has 5 rings (SSSR count). The maximum absolute atomic E-state index is 12.8. The number of aryl methyl sites for hydroxylation is 1. The molecule has 4 aromatic rings. The van der Waals surface area contributed by atoms with Gasteiger partial charge in [-0.2, -0.15) is 0 Å². The van der Waals surface area contributed by atoms with Gasteiger partial charge in [0.25, 0.3) is 5.91 Å². The molecule has 0 aliphatic carbocycles. The van der Waals surface area contributed by atoms with Crippen LogP contribution in [-0.2, 0) is 13.0 Å². The lowest BCUT2D eigenvalue weighted by molar-refractivity contribution is 0.102. The largest absolute Gasteiger partial charge is 0.360 e. The van der Waals surface area contributed by atoms with Gasteiger partial charge in [0.1, 0.15) is 5.82 Å². The first kappa shape index (κ1) is 16.7. The molecule has 28 heavy (non-hydrogen) atoms. The minimum atomic E-state index is -0.130. The summed E-state index contributed by atoms with van der Waals surface area (Å²) in [6.07, 6.45) is 6.27. The molecule has 6 nitrogen and oxygen atoms in total. The standard InChI is InChI=1S/C22H21N5O/c28-22(18-14-23-19-10-4-3-9-17(18)19)24-16-8-6-7-15(13-16)21-26-25-20-11-2-1-5-12-27(20)21/h3-4,6-10,13-14,23H,1-2,5,11-12H2,(H,24,28). The molecule has 1 aliphatic heterocycles. The number of nitrogens with zero attached hydrogens (tertiary/aromatic N) is 3. The molecule has 2 aromatic carbocycles. The van der Waals surface area contributed by atoms with E-state index >= 15 is 0 Å². The summed E-state index contributed by atoms with van der Waals surface area (Å²) < 4.78 is 2.22. The molecule has 6 heteroatoms. The highest BCUT2D eigenvalue weighted by atomic mass is 16.1. The number of fused-ring (bicyclic) bond motifs is 2. The van der Waals surface area contributed by atoms with Crippen LogP contribution in [0.3, 0.4) is 0 Å². The second-order valence-electron chi connectivity index (χ2n) is 7.18. The minimum absolute atomic E-state index is 0.130. The first-order chi connectivity index (χ1) is 13.8. The topological polar surface area (TPSA) is 75.6 Å². The zero-order valence-electron chi connectivity index (χ0n) is 15.5.